The van der Waals surface area contributed by atoms with Crippen LogP contribution in [0, 0.1) is 23.7 Å². The Bertz CT molecular complexity index is 1160. The molecular formula is C30H41N3O3. The number of fused-ring (bicyclic) bond motifs is 3. The third-order valence-electron chi connectivity index (χ3n) is 9.84. The number of carboxylic acid groups (broad SMARTS) is 1. The number of para-hydroxylation sites is 2. The minimum Gasteiger partial charge on any atom is -0.476 e. The van der Waals surface area contributed by atoms with Crippen LogP contribution in [0.2, 0.25) is 0 Å². The third-order valence-corrected chi connectivity index (χ3v) is 9.84. The summed E-state index contributed by atoms with van der Waals surface area (Å²) in [7, 11) is 0. The Morgan fingerprint density at radius 3 is 2.08 bits per heavy atom. The average Bonchev–Trinajstić information content (AvgIpc) is 3.66. The zero-order valence-electron chi connectivity index (χ0n) is 21.8. The van der Waals surface area contributed by atoms with E-state index in [1.807, 2.05) is 24.3 Å². The molecule has 0 amide bonds. The molecule has 7 atom stereocenters. The van der Waals surface area contributed by atoms with Crippen LogP contribution in [0.1, 0.15) is 101 Å². The number of nitrogens with zero attached hydrogens (tertiary/aromatic N) is 3. The molecule has 3 unspecified atom stereocenters. The van der Waals surface area contributed by atoms with Gasteiger partial charge in [-0.1, -0.05) is 32.4 Å². The molecule has 1 N–H and O–H groups in total. The van der Waals surface area contributed by atoms with Gasteiger partial charge in [-0.3, -0.25) is 9.69 Å². The first-order chi connectivity index (χ1) is 17.4. The summed E-state index contributed by atoms with van der Waals surface area (Å²) < 4.78 is 1.79. The molecule has 3 heterocycles. The molecule has 2 saturated carbocycles. The van der Waals surface area contributed by atoms with Crippen LogP contribution in [0.4, 0.5) is 0 Å². The van der Waals surface area contributed by atoms with Crippen molar-refractivity contribution < 1.29 is 9.90 Å². The number of aromatic nitrogens is 2. The van der Waals surface area contributed by atoms with E-state index in [0.29, 0.717) is 23.6 Å². The fourth-order valence-corrected chi connectivity index (χ4v) is 8.40. The number of carboxylic acids is 1. The highest BCUT2D eigenvalue weighted by atomic mass is 16.4. The SMILES string of the molecule is C[C@@H]1CC(C2CC2)C[C@H](C)CC(N2[C@@H]3CCC[C@H]2CC(n2c(=O)c(C(=O)O)nc4ccccc42)C3)C1. The van der Waals surface area contributed by atoms with Gasteiger partial charge in [-0.05, 0) is 100 Å². The summed E-state index contributed by atoms with van der Waals surface area (Å²) in [5, 5.41) is 9.69. The Labute approximate surface area is 214 Å². The van der Waals surface area contributed by atoms with Gasteiger partial charge in [0.05, 0.1) is 11.0 Å². The molecule has 0 spiro atoms. The van der Waals surface area contributed by atoms with Gasteiger partial charge in [0, 0.05) is 24.2 Å². The van der Waals surface area contributed by atoms with E-state index in [2.05, 4.69) is 23.7 Å². The highest BCUT2D eigenvalue weighted by molar-refractivity contribution is 5.88. The van der Waals surface area contributed by atoms with E-state index in [4.69, 9.17) is 0 Å². The van der Waals surface area contributed by atoms with Crippen molar-refractivity contribution in [3.63, 3.8) is 0 Å². The smallest absolute Gasteiger partial charge is 0.360 e. The summed E-state index contributed by atoms with van der Waals surface area (Å²) >= 11 is 0. The van der Waals surface area contributed by atoms with E-state index in [1.54, 1.807) is 4.57 Å². The predicted octanol–water partition coefficient (Wildman–Crippen LogP) is 5.89. The number of hydrogen-bond donors (Lipinski definition) is 1. The molecule has 36 heavy (non-hydrogen) atoms. The standard InChI is InChI=1S/C30H41N3O3/c1-18-12-21(20-10-11-20)13-19(2)15-24(14-18)32-22-6-5-7-23(32)17-25(16-22)33-27-9-4-3-8-26(27)31-28(29(33)34)30(35)36/h3-4,8-9,18-25H,5-7,10-17H2,1-2H3,(H,35,36)/t18-,19+,21?,22-,23+,24?,25?. The lowest BCUT2D eigenvalue weighted by Crippen LogP contribution is -2.58. The summed E-state index contributed by atoms with van der Waals surface area (Å²) in [6.07, 6.45) is 13.8. The first kappa shape index (κ1) is 24.1. The Kier molecular flexibility index (Phi) is 6.43. The van der Waals surface area contributed by atoms with Gasteiger partial charge in [0.1, 0.15) is 0 Å². The Morgan fingerprint density at radius 2 is 1.47 bits per heavy atom. The molecule has 2 aromatic rings. The summed E-state index contributed by atoms with van der Waals surface area (Å²) in [5.41, 5.74) is 0.560. The molecule has 2 aliphatic carbocycles. The van der Waals surface area contributed by atoms with Gasteiger partial charge in [-0.25, -0.2) is 9.78 Å². The zero-order valence-corrected chi connectivity index (χ0v) is 21.8. The molecule has 4 fully saturated rings. The lowest BCUT2D eigenvalue weighted by molar-refractivity contribution is -0.0355. The molecule has 2 saturated heterocycles. The van der Waals surface area contributed by atoms with Gasteiger partial charge in [-0.15, -0.1) is 0 Å². The maximum atomic E-state index is 13.4. The summed E-state index contributed by atoms with van der Waals surface area (Å²) in [5.74, 6) is 2.26. The van der Waals surface area contributed by atoms with Crippen molar-refractivity contribution in [2.75, 3.05) is 0 Å². The highest BCUT2D eigenvalue weighted by Crippen LogP contribution is 2.48. The topological polar surface area (TPSA) is 75.4 Å². The molecule has 0 radical (unpaired) electrons. The van der Waals surface area contributed by atoms with Gasteiger partial charge in [-0.2, -0.15) is 0 Å². The first-order valence-electron chi connectivity index (χ1n) is 14.4. The molecule has 194 valence electrons. The first-order valence-corrected chi connectivity index (χ1v) is 14.4. The number of piperidine rings is 2. The fraction of sp³-hybridized carbons (Fsp3) is 0.700. The quantitative estimate of drug-likeness (QED) is 0.577. The Balaban J connectivity index is 1.29. The largest absolute Gasteiger partial charge is 0.476 e. The molecule has 1 aromatic heterocycles. The Hall–Kier alpha value is -2.21. The maximum absolute atomic E-state index is 13.4. The molecule has 6 heteroatoms. The molecule has 6 nitrogen and oxygen atoms in total. The van der Waals surface area contributed by atoms with E-state index in [1.165, 1.54) is 57.8 Å². The van der Waals surface area contributed by atoms with Gasteiger partial charge in [0.25, 0.3) is 5.56 Å². The van der Waals surface area contributed by atoms with Crippen molar-refractivity contribution in [2.45, 2.75) is 109 Å². The van der Waals surface area contributed by atoms with E-state index < -0.39 is 11.5 Å². The van der Waals surface area contributed by atoms with Gasteiger partial charge in [0.15, 0.2) is 0 Å². The van der Waals surface area contributed by atoms with Crippen LogP contribution in [0.25, 0.3) is 11.0 Å². The highest BCUT2D eigenvalue weighted by Gasteiger charge is 2.44. The molecular weight excluding hydrogens is 450 g/mol. The maximum Gasteiger partial charge on any atom is 0.360 e. The third kappa shape index (κ3) is 4.51. The minimum atomic E-state index is -1.24. The summed E-state index contributed by atoms with van der Waals surface area (Å²) in [4.78, 5) is 32.3. The predicted molar refractivity (Wildman–Crippen MR) is 141 cm³/mol. The van der Waals surface area contributed by atoms with Crippen LogP contribution in [0.3, 0.4) is 0 Å². The lowest BCUT2D eigenvalue weighted by Gasteiger charge is -2.54. The van der Waals surface area contributed by atoms with E-state index >= 15 is 0 Å². The van der Waals surface area contributed by atoms with Crippen molar-refractivity contribution in [2.24, 2.45) is 23.7 Å². The van der Waals surface area contributed by atoms with Crippen LogP contribution >= 0.6 is 0 Å². The summed E-state index contributed by atoms with van der Waals surface area (Å²) in [6, 6.07) is 9.12. The minimum absolute atomic E-state index is 0.0256. The number of rotatable bonds is 4. The van der Waals surface area contributed by atoms with Crippen molar-refractivity contribution in [1.29, 1.82) is 0 Å². The second kappa shape index (κ2) is 9.59. The van der Waals surface area contributed by atoms with Gasteiger partial charge < -0.3 is 9.67 Å². The molecule has 2 bridgehead atoms. The second-order valence-electron chi connectivity index (χ2n) is 12.6. The number of benzene rings is 1. The van der Waals surface area contributed by atoms with E-state index in [-0.39, 0.29) is 11.7 Å². The lowest BCUT2D eigenvalue weighted by atomic mass is 9.74. The summed E-state index contributed by atoms with van der Waals surface area (Å²) in [6.45, 7) is 4.97. The van der Waals surface area contributed by atoms with Crippen molar-refractivity contribution in [3.8, 4) is 0 Å². The number of aromatic carboxylic acids is 1. The van der Waals surface area contributed by atoms with Crippen molar-refractivity contribution >= 4 is 17.0 Å². The average molecular weight is 492 g/mol. The zero-order chi connectivity index (χ0) is 25.0. The fourth-order valence-electron chi connectivity index (χ4n) is 8.40. The van der Waals surface area contributed by atoms with Crippen LogP contribution in [-0.2, 0) is 0 Å². The molecule has 2 aliphatic heterocycles. The van der Waals surface area contributed by atoms with Gasteiger partial charge >= 0.3 is 5.97 Å². The monoisotopic (exact) mass is 491 g/mol. The molecule has 6 rings (SSSR count). The van der Waals surface area contributed by atoms with Crippen LogP contribution in [-0.4, -0.2) is 43.7 Å². The Morgan fingerprint density at radius 1 is 0.833 bits per heavy atom. The molecule has 4 aliphatic rings. The normalized spacial score (nSPS) is 35.8. The van der Waals surface area contributed by atoms with E-state index in [9.17, 15) is 14.7 Å². The van der Waals surface area contributed by atoms with Crippen molar-refractivity contribution in [3.05, 3.63) is 40.3 Å². The van der Waals surface area contributed by atoms with Crippen molar-refractivity contribution in [1.82, 2.24) is 14.5 Å². The van der Waals surface area contributed by atoms with Gasteiger partial charge in [0.2, 0.25) is 5.69 Å². The second-order valence-corrected chi connectivity index (χ2v) is 12.6. The number of carbonyl (C=O) groups is 1. The van der Waals surface area contributed by atoms with Crippen LogP contribution in [0.15, 0.2) is 29.1 Å². The molecule has 1 aromatic carbocycles. The number of hydrogen-bond acceptors (Lipinski definition) is 4. The van der Waals surface area contributed by atoms with Crippen LogP contribution < -0.4 is 5.56 Å². The van der Waals surface area contributed by atoms with E-state index in [0.717, 1.165) is 42.0 Å². The van der Waals surface area contributed by atoms with Crippen LogP contribution in [0.5, 0.6) is 0 Å².